The first-order chi connectivity index (χ1) is 10.1. The Hall–Kier alpha value is -1.09. The molecule has 0 aliphatic rings. The topological polar surface area (TPSA) is 29.3 Å². The van der Waals surface area contributed by atoms with E-state index in [0.29, 0.717) is 4.99 Å². The largest absolute Gasteiger partial charge is 0.389 e. The molecule has 1 aromatic carbocycles. The van der Waals surface area contributed by atoms with E-state index in [0.717, 1.165) is 12.1 Å². The summed E-state index contributed by atoms with van der Waals surface area (Å²) in [6.45, 7) is 3.36. The van der Waals surface area contributed by atoms with Crippen molar-refractivity contribution in [3.8, 4) is 0 Å². The van der Waals surface area contributed by atoms with Crippen LogP contribution in [0.3, 0.4) is 0 Å². The average molecular weight is 307 g/mol. The fourth-order valence-electron chi connectivity index (χ4n) is 2.51. The van der Waals surface area contributed by atoms with Crippen molar-refractivity contribution >= 4 is 22.9 Å². The molecular formula is C18H30N2S. The number of hydrogen-bond acceptors (Lipinski definition) is 2. The molecule has 0 aliphatic carbocycles. The van der Waals surface area contributed by atoms with E-state index < -0.39 is 0 Å². The second-order valence-corrected chi connectivity index (χ2v) is 6.25. The lowest BCUT2D eigenvalue weighted by atomic mass is 10.1. The summed E-state index contributed by atoms with van der Waals surface area (Å²) in [5.41, 5.74) is 7.83. The standard InChI is InChI=1S/C18H30N2S/c1-3-4-5-6-7-8-9-10-14-20(2)17-13-11-12-16(15-17)18(19)21/h11-13,15H,3-10,14H2,1-2H3,(H2,19,21). The monoisotopic (exact) mass is 306 g/mol. The molecule has 1 aromatic rings. The highest BCUT2D eigenvalue weighted by Gasteiger charge is 2.03. The Morgan fingerprint density at radius 3 is 2.29 bits per heavy atom. The highest BCUT2D eigenvalue weighted by molar-refractivity contribution is 7.80. The first-order valence-electron chi connectivity index (χ1n) is 8.26. The first kappa shape index (κ1) is 18.0. The maximum atomic E-state index is 5.69. The van der Waals surface area contributed by atoms with Crippen molar-refractivity contribution < 1.29 is 0 Å². The Labute approximate surface area is 135 Å². The number of thiocarbonyl (C=S) groups is 1. The summed E-state index contributed by atoms with van der Waals surface area (Å²) in [4.78, 5) is 2.76. The summed E-state index contributed by atoms with van der Waals surface area (Å²) in [6.07, 6.45) is 10.9. The van der Waals surface area contributed by atoms with Gasteiger partial charge in [0, 0.05) is 24.8 Å². The molecule has 21 heavy (non-hydrogen) atoms. The predicted molar refractivity (Wildman–Crippen MR) is 98.2 cm³/mol. The molecule has 1 rings (SSSR count). The van der Waals surface area contributed by atoms with Crippen molar-refractivity contribution in [1.29, 1.82) is 0 Å². The third kappa shape index (κ3) is 7.47. The molecule has 2 nitrogen and oxygen atoms in total. The lowest BCUT2D eigenvalue weighted by Gasteiger charge is -2.20. The van der Waals surface area contributed by atoms with E-state index in [1.165, 1.54) is 57.1 Å². The lowest BCUT2D eigenvalue weighted by Crippen LogP contribution is -2.19. The third-order valence-electron chi connectivity index (χ3n) is 3.92. The molecule has 0 radical (unpaired) electrons. The van der Waals surface area contributed by atoms with Crippen LogP contribution in [0.4, 0.5) is 5.69 Å². The van der Waals surface area contributed by atoms with Crippen LogP contribution in [-0.2, 0) is 0 Å². The van der Waals surface area contributed by atoms with Crippen molar-refractivity contribution in [1.82, 2.24) is 0 Å². The second kappa shape index (κ2) is 10.6. The Kier molecular flexibility index (Phi) is 9.07. The van der Waals surface area contributed by atoms with Crippen LogP contribution in [0.5, 0.6) is 0 Å². The van der Waals surface area contributed by atoms with Gasteiger partial charge in [0.25, 0.3) is 0 Å². The maximum Gasteiger partial charge on any atom is 0.104 e. The Morgan fingerprint density at radius 1 is 1.05 bits per heavy atom. The van der Waals surface area contributed by atoms with Crippen LogP contribution >= 0.6 is 12.2 Å². The molecule has 3 heteroatoms. The normalized spacial score (nSPS) is 10.6. The Morgan fingerprint density at radius 2 is 1.67 bits per heavy atom. The van der Waals surface area contributed by atoms with Gasteiger partial charge >= 0.3 is 0 Å². The average Bonchev–Trinajstić information content (AvgIpc) is 2.49. The van der Waals surface area contributed by atoms with E-state index >= 15 is 0 Å². The van der Waals surface area contributed by atoms with Crippen LogP contribution in [0.2, 0.25) is 0 Å². The SMILES string of the molecule is CCCCCCCCCCN(C)c1cccc(C(N)=S)c1. The molecule has 0 bridgehead atoms. The van der Waals surface area contributed by atoms with Gasteiger partial charge in [-0.05, 0) is 18.6 Å². The molecule has 0 aromatic heterocycles. The van der Waals surface area contributed by atoms with Crippen molar-refractivity contribution in [2.75, 3.05) is 18.5 Å². The van der Waals surface area contributed by atoms with Crippen LogP contribution < -0.4 is 10.6 Å². The summed E-state index contributed by atoms with van der Waals surface area (Å²) in [5.74, 6) is 0. The van der Waals surface area contributed by atoms with Gasteiger partial charge in [0.2, 0.25) is 0 Å². The van der Waals surface area contributed by atoms with Gasteiger partial charge in [-0.3, -0.25) is 0 Å². The van der Waals surface area contributed by atoms with Crippen LogP contribution in [0.15, 0.2) is 24.3 Å². The van der Waals surface area contributed by atoms with Crippen molar-refractivity contribution in [2.24, 2.45) is 5.73 Å². The van der Waals surface area contributed by atoms with Gasteiger partial charge in [-0.25, -0.2) is 0 Å². The molecular weight excluding hydrogens is 276 g/mol. The van der Waals surface area contributed by atoms with E-state index in [1.54, 1.807) is 0 Å². The van der Waals surface area contributed by atoms with E-state index in [9.17, 15) is 0 Å². The molecule has 0 atom stereocenters. The molecule has 0 fully saturated rings. The lowest BCUT2D eigenvalue weighted by molar-refractivity contribution is 0.575. The van der Waals surface area contributed by atoms with Gasteiger partial charge in [-0.15, -0.1) is 0 Å². The fraction of sp³-hybridized carbons (Fsp3) is 0.611. The molecule has 0 saturated heterocycles. The van der Waals surface area contributed by atoms with E-state index in [2.05, 4.69) is 31.0 Å². The number of rotatable bonds is 11. The zero-order valence-electron chi connectivity index (χ0n) is 13.6. The number of nitrogens with two attached hydrogens (primary N) is 1. The van der Waals surface area contributed by atoms with E-state index in [4.69, 9.17) is 18.0 Å². The van der Waals surface area contributed by atoms with Crippen LogP contribution in [0.1, 0.15) is 63.9 Å². The van der Waals surface area contributed by atoms with Crippen molar-refractivity contribution in [3.05, 3.63) is 29.8 Å². The van der Waals surface area contributed by atoms with Crippen LogP contribution in [-0.4, -0.2) is 18.6 Å². The minimum atomic E-state index is 0.470. The van der Waals surface area contributed by atoms with Crippen molar-refractivity contribution in [3.63, 3.8) is 0 Å². The summed E-state index contributed by atoms with van der Waals surface area (Å²) in [7, 11) is 2.14. The smallest absolute Gasteiger partial charge is 0.104 e. The summed E-state index contributed by atoms with van der Waals surface area (Å²) >= 11 is 5.03. The van der Waals surface area contributed by atoms with Crippen LogP contribution in [0, 0.1) is 0 Å². The molecule has 0 aliphatic heterocycles. The summed E-state index contributed by atoms with van der Waals surface area (Å²) in [6, 6.07) is 8.18. The van der Waals surface area contributed by atoms with Gasteiger partial charge in [0.05, 0.1) is 0 Å². The highest BCUT2D eigenvalue weighted by atomic mass is 32.1. The zero-order chi connectivity index (χ0) is 15.5. The van der Waals surface area contributed by atoms with Gasteiger partial charge in [-0.1, -0.05) is 76.2 Å². The molecule has 0 saturated carbocycles. The molecule has 0 unspecified atom stereocenters. The number of unbranched alkanes of at least 4 members (excludes halogenated alkanes) is 7. The summed E-state index contributed by atoms with van der Waals surface area (Å²) in [5, 5.41) is 0. The fourth-order valence-corrected chi connectivity index (χ4v) is 2.64. The van der Waals surface area contributed by atoms with E-state index in [-0.39, 0.29) is 0 Å². The van der Waals surface area contributed by atoms with Gasteiger partial charge < -0.3 is 10.6 Å². The number of hydrogen-bond donors (Lipinski definition) is 1. The Bertz CT molecular complexity index is 417. The summed E-state index contributed by atoms with van der Waals surface area (Å²) < 4.78 is 0. The van der Waals surface area contributed by atoms with Gasteiger partial charge in [-0.2, -0.15) is 0 Å². The molecule has 0 heterocycles. The van der Waals surface area contributed by atoms with Crippen LogP contribution in [0.25, 0.3) is 0 Å². The molecule has 0 spiro atoms. The Balaban J connectivity index is 2.20. The predicted octanol–water partition coefficient (Wildman–Crippen LogP) is 4.90. The highest BCUT2D eigenvalue weighted by Crippen LogP contribution is 2.16. The number of nitrogens with zero attached hydrogens (tertiary/aromatic N) is 1. The number of anilines is 1. The minimum Gasteiger partial charge on any atom is -0.389 e. The third-order valence-corrected chi connectivity index (χ3v) is 4.15. The van der Waals surface area contributed by atoms with Gasteiger partial charge in [0.1, 0.15) is 4.99 Å². The second-order valence-electron chi connectivity index (χ2n) is 5.81. The van der Waals surface area contributed by atoms with Gasteiger partial charge in [0.15, 0.2) is 0 Å². The molecule has 2 N–H and O–H groups in total. The minimum absolute atomic E-state index is 0.470. The zero-order valence-corrected chi connectivity index (χ0v) is 14.4. The molecule has 0 amide bonds. The first-order valence-corrected chi connectivity index (χ1v) is 8.67. The number of benzene rings is 1. The quantitative estimate of drug-likeness (QED) is 0.466. The molecule has 118 valence electrons. The van der Waals surface area contributed by atoms with E-state index in [1.807, 2.05) is 12.1 Å². The van der Waals surface area contributed by atoms with Crippen molar-refractivity contribution in [2.45, 2.75) is 58.3 Å². The maximum absolute atomic E-state index is 5.69.